The molecule has 3 aromatic carbocycles. The maximum atomic E-state index is 12.4. The highest BCUT2D eigenvalue weighted by Gasteiger charge is 2.11. The molecule has 0 heterocycles. The molecule has 3 rings (SSSR count). The Balaban J connectivity index is 1.62. The number of carboxylic acids is 1. The lowest BCUT2D eigenvalue weighted by atomic mass is 10.0. The SMILES string of the molecule is C=C(NC(=O)c1ccc(-c2ccc(NC(=O)Nc3ccccc3OCC)cc2)cc1)C(=O)O. The zero-order chi connectivity index (χ0) is 23.8. The van der Waals surface area contributed by atoms with Crippen LogP contribution in [0.5, 0.6) is 5.75 Å². The second-order valence-electron chi connectivity index (χ2n) is 6.90. The normalized spacial score (nSPS) is 10.1. The first-order valence-corrected chi connectivity index (χ1v) is 10.1. The fraction of sp³-hybridized carbons (Fsp3) is 0.0800. The minimum Gasteiger partial charge on any atom is -0.492 e. The highest BCUT2D eigenvalue weighted by atomic mass is 16.5. The molecule has 3 aromatic rings. The summed E-state index contributed by atoms with van der Waals surface area (Å²) in [6, 6.07) is 20.7. The summed E-state index contributed by atoms with van der Waals surface area (Å²) in [4.78, 5) is 35.2. The van der Waals surface area contributed by atoms with Gasteiger partial charge in [0.25, 0.3) is 5.91 Å². The van der Waals surface area contributed by atoms with Gasteiger partial charge in [-0.1, -0.05) is 43.0 Å². The number of benzene rings is 3. The second-order valence-corrected chi connectivity index (χ2v) is 6.90. The van der Waals surface area contributed by atoms with Gasteiger partial charge in [-0.2, -0.15) is 0 Å². The van der Waals surface area contributed by atoms with E-state index in [2.05, 4.69) is 22.5 Å². The minimum absolute atomic E-state index is 0.309. The van der Waals surface area contributed by atoms with E-state index in [-0.39, 0.29) is 0 Å². The van der Waals surface area contributed by atoms with Crippen molar-refractivity contribution in [3.63, 3.8) is 0 Å². The molecule has 0 aromatic heterocycles. The molecular weight excluding hydrogens is 422 g/mol. The van der Waals surface area contributed by atoms with Gasteiger partial charge in [0.2, 0.25) is 0 Å². The van der Waals surface area contributed by atoms with Crippen LogP contribution < -0.4 is 20.7 Å². The Labute approximate surface area is 190 Å². The van der Waals surface area contributed by atoms with Gasteiger partial charge in [-0.3, -0.25) is 4.79 Å². The zero-order valence-corrected chi connectivity index (χ0v) is 17.9. The molecule has 3 amide bonds. The molecule has 33 heavy (non-hydrogen) atoms. The lowest BCUT2D eigenvalue weighted by molar-refractivity contribution is -0.132. The summed E-state index contributed by atoms with van der Waals surface area (Å²) in [6.45, 7) is 5.64. The monoisotopic (exact) mass is 445 g/mol. The van der Waals surface area contributed by atoms with Crippen LogP contribution in [0.1, 0.15) is 17.3 Å². The lowest BCUT2D eigenvalue weighted by Crippen LogP contribution is -2.26. The van der Waals surface area contributed by atoms with Gasteiger partial charge in [0, 0.05) is 11.3 Å². The van der Waals surface area contributed by atoms with Crippen molar-refractivity contribution in [3.8, 4) is 16.9 Å². The molecule has 0 saturated carbocycles. The van der Waals surface area contributed by atoms with Crippen molar-refractivity contribution in [2.45, 2.75) is 6.92 Å². The van der Waals surface area contributed by atoms with E-state index in [4.69, 9.17) is 9.84 Å². The highest BCUT2D eigenvalue weighted by molar-refractivity contribution is 6.01. The van der Waals surface area contributed by atoms with E-state index in [9.17, 15) is 14.4 Å². The Morgan fingerprint density at radius 2 is 1.48 bits per heavy atom. The van der Waals surface area contributed by atoms with E-state index < -0.39 is 23.6 Å². The number of aliphatic carboxylic acids is 1. The second kappa shape index (κ2) is 10.6. The van der Waals surface area contributed by atoms with Crippen LogP contribution in [0.15, 0.2) is 85.1 Å². The summed E-state index contributed by atoms with van der Waals surface area (Å²) in [7, 11) is 0. The third kappa shape index (κ3) is 6.20. The van der Waals surface area contributed by atoms with Gasteiger partial charge in [0.1, 0.15) is 11.4 Å². The number of hydrogen-bond acceptors (Lipinski definition) is 4. The molecule has 0 spiro atoms. The predicted molar refractivity (Wildman–Crippen MR) is 126 cm³/mol. The number of carbonyl (C=O) groups excluding carboxylic acids is 2. The standard InChI is InChI=1S/C25H23N3O5/c1-3-33-22-7-5-4-6-21(22)28-25(32)27-20-14-12-18(13-15-20)17-8-10-19(11-9-17)23(29)26-16(2)24(30)31/h4-15H,2-3H2,1H3,(H,26,29)(H,30,31)(H2,27,28,32). The van der Waals surface area contributed by atoms with Crippen molar-refractivity contribution in [3.05, 3.63) is 90.6 Å². The van der Waals surface area contributed by atoms with Gasteiger partial charge in [-0.05, 0) is 54.4 Å². The van der Waals surface area contributed by atoms with E-state index in [1.807, 2.05) is 31.2 Å². The van der Waals surface area contributed by atoms with Crippen LogP contribution in [0.3, 0.4) is 0 Å². The van der Waals surface area contributed by atoms with Crippen molar-refractivity contribution < 1.29 is 24.2 Å². The molecule has 8 heteroatoms. The molecule has 168 valence electrons. The number of amides is 3. The summed E-state index contributed by atoms with van der Waals surface area (Å²) < 4.78 is 5.51. The number of urea groups is 1. The molecule has 0 aliphatic heterocycles. The van der Waals surface area contributed by atoms with Crippen LogP contribution in [0.25, 0.3) is 11.1 Å². The summed E-state index contributed by atoms with van der Waals surface area (Å²) in [5, 5.41) is 16.6. The van der Waals surface area contributed by atoms with Crippen LogP contribution in [-0.2, 0) is 4.79 Å². The molecule has 0 fully saturated rings. The topological polar surface area (TPSA) is 117 Å². The van der Waals surface area contributed by atoms with Crippen LogP contribution in [0.4, 0.5) is 16.2 Å². The average molecular weight is 445 g/mol. The first-order valence-electron chi connectivity index (χ1n) is 10.1. The third-order valence-electron chi connectivity index (χ3n) is 4.58. The zero-order valence-electron chi connectivity index (χ0n) is 17.9. The number of anilines is 2. The molecule has 0 bridgehead atoms. The Kier molecular flexibility index (Phi) is 7.43. The van der Waals surface area contributed by atoms with E-state index in [0.29, 0.717) is 29.3 Å². The number of carboxylic acid groups (broad SMARTS) is 1. The molecular formula is C25H23N3O5. The summed E-state index contributed by atoms with van der Waals surface area (Å²) in [6.07, 6.45) is 0. The molecule has 0 radical (unpaired) electrons. The van der Waals surface area contributed by atoms with Crippen molar-refractivity contribution in [1.82, 2.24) is 5.32 Å². The minimum atomic E-state index is -1.29. The van der Waals surface area contributed by atoms with Crippen molar-refractivity contribution in [2.24, 2.45) is 0 Å². The van der Waals surface area contributed by atoms with E-state index in [0.717, 1.165) is 11.1 Å². The van der Waals surface area contributed by atoms with Crippen LogP contribution in [-0.4, -0.2) is 29.6 Å². The van der Waals surface area contributed by atoms with Gasteiger partial charge in [-0.15, -0.1) is 0 Å². The maximum absolute atomic E-state index is 12.4. The average Bonchev–Trinajstić information content (AvgIpc) is 2.81. The summed E-state index contributed by atoms with van der Waals surface area (Å²) >= 11 is 0. The Morgan fingerprint density at radius 1 is 0.879 bits per heavy atom. The Hall–Kier alpha value is -4.59. The van der Waals surface area contributed by atoms with Crippen LogP contribution >= 0.6 is 0 Å². The quantitative estimate of drug-likeness (QED) is 0.374. The van der Waals surface area contributed by atoms with E-state index >= 15 is 0 Å². The van der Waals surface area contributed by atoms with Gasteiger partial charge >= 0.3 is 12.0 Å². The fourth-order valence-electron chi connectivity index (χ4n) is 2.96. The number of nitrogens with one attached hydrogen (secondary N) is 3. The van der Waals surface area contributed by atoms with Crippen molar-refractivity contribution in [2.75, 3.05) is 17.2 Å². The molecule has 0 atom stereocenters. The fourth-order valence-corrected chi connectivity index (χ4v) is 2.96. The molecule has 8 nitrogen and oxygen atoms in total. The number of hydrogen-bond donors (Lipinski definition) is 4. The first kappa shape index (κ1) is 23.1. The van der Waals surface area contributed by atoms with Crippen molar-refractivity contribution in [1.29, 1.82) is 0 Å². The molecule has 0 saturated heterocycles. The largest absolute Gasteiger partial charge is 0.492 e. The van der Waals surface area contributed by atoms with Gasteiger partial charge in [-0.25, -0.2) is 9.59 Å². The van der Waals surface area contributed by atoms with Gasteiger partial charge < -0.3 is 25.8 Å². The summed E-state index contributed by atoms with van der Waals surface area (Å²) in [5.74, 6) is -1.25. The van der Waals surface area contributed by atoms with E-state index in [1.54, 1.807) is 48.5 Å². The smallest absolute Gasteiger partial charge is 0.351 e. The predicted octanol–water partition coefficient (Wildman–Crippen LogP) is 4.72. The Bertz CT molecular complexity index is 1170. The Morgan fingerprint density at radius 3 is 2.09 bits per heavy atom. The number of para-hydroxylation sites is 2. The van der Waals surface area contributed by atoms with Crippen LogP contribution in [0, 0.1) is 0 Å². The number of rotatable bonds is 8. The summed E-state index contributed by atoms with van der Waals surface area (Å²) in [5.41, 5.74) is 2.83. The molecule has 4 N–H and O–H groups in total. The maximum Gasteiger partial charge on any atom is 0.351 e. The molecule has 0 aliphatic carbocycles. The van der Waals surface area contributed by atoms with Crippen molar-refractivity contribution >= 4 is 29.3 Å². The lowest BCUT2D eigenvalue weighted by Gasteiger charge is -2.12. The van der Waals surface area contributed by atoms with Gasteiger partial charge in [0.05, 0.1) is 12.3 Å². The number of ether oxygens (including phenoxy) is 1. The molecule has 0 unspecified atom stereocenters. The van der Waals surface area contributed by atoms with Crippen LogP contribution in [0.2, 0.25) is 0 Å². The van der Waals surface area contributed by atoms with Gasteiger partial charge in [0.15, 0.2) is 0 Å². The highest BCUT2D eigenvalue weighted by Crippen LogP contribution is 2.25. The third-order valence-corrected chi connectivity index (χ3v) is 4.58. The number of carbonyl (C=O) groups is 3. The molecule has 0 aliphatic rings. The first-order chi connectivity index (χ1) is 15.9. The van der Waals surface area contributed by atoms with E-state index in [1.165, 1.54) is 0 Å².